The monoisotopic (exact) mass is 519 g/mol. The van der Waals surface area contributed by atoms with Gasteiger partial charge in [-0.2, -0.15) is 5.26 Å². The SMILES string of the molecule is CCc1ccc(CCC2CCc3c(F)c(C4CCC(c5ccc(C#N)c(F)c5)CC4)c(F)c(F)c3C2)cc1. The van der Waals surface area contributed by atoms with Crippen molar-refractivity contribution in [2.75, 3.05) is 0 Å². The number of fused-ring (bicyclic) bond motifs is 1. The van der Waals surface area contributed by atoms with Gasteiger partial charge in [-0.3, -0.25) is 0 Å². The molecule has 5 heteroatoms. The molecule has 38 heavy (non-hydrogen) atoms. The molecule has 0 N–H and O–H groups in total. The van der Waals surface area contributed by atoms with Gasteiger partial charge in [0.1, 0.15) is 17.7 Å². The molecule has 2 aliphatic carbocycles. The van der Waals surface area contributed by atoms with E-state index in [-0.39, 0.29) is 28.5 Å². The summed E-state index contributed by atoms with van der Waals surface area (Å²) in [6, 6.07) is 15.0. The predicted octanol–water partition coefficient (Wildman–Crippen LogP) is 8.86. The molecule has 2 aliphatic rings. The van der Waals surface area contributed by atoms with Gasteiger partial charge in [-0.15, -0.1) is 0 Å². The molecular weight excluding hydrogens is 486 g/mol. The molecule has 1 unspecified atom stereocenters. The van der Waals surface area contributed by atoms with Crippen LogP contribution in [0.25, 0.3) is 0 Å². The van der Waals surface area contributed by atoms with Crippen LogP contribution in [-0.4, -0.2) is 0 Å². The molecule has 0 spiro atoms. The number of nitriles is 1. The van der Waals surface area contributed by atoms with Crippen LogP contribution >= 0.6 is 0 Å². The maximum absolute atomic E-state index is 15.7. The summed E-state index contributed by atoms with van der Waals surface area (Å²) in [5.74, 6) is -3.13. The fourth-order valence-electron chi connectivity index (χ4n) is 6.50. The Morgan fingerprint density at radius 3 is 2.13 bits per heavy atom. The third-order valence-corrected chi connectivity index (χ3v) is 8.85. The fourth-order valence-corrected chi connectivity index (χ4v) is 6.50. The maximum atomic E-state index is 15.7. The van der Waals surface area contributed by atoms with Crippen LogP contribution in [0, 0.1) is 40.5 Å². The second-order valence-corrected chi connectivity index (χ2v) is 11.0. The number of hydrogen-bond acceptors (Lipinski definition) is 1. The van der Waals surface area contributed by atoms with Crippen molar-refractivity contribution < 1.29 is 17.6 Å². The molecule has 0 amide bonds. The van der Waals surface area contributed by atoms with Crippen LogP contribution in [0.3, 0.4) is 0 Å². The third kappa shape index (κ3) is 5.23. The van der Waals surface area contributed by atoms with Gasteiger partial charge in [0.25, 0.3) is 0 Å². The minimum Gasteiger partial charge on any atom is -0.206 e. The molecule has 3 aromatic carbocycles. The van der Waals surface area contributed by atoms with Crippen molar-refractivity contribution in [3.05, 3.63) is 105 Å². The van der Waals surface area contributed by atoms with E-state index in [1.807, 2.05) is 6.07 Å². The Kier molecular flexibility index (Phi) is 7.88. The molecule has 0 aromatic heterocycles. The van der Waals surface area contributed by atoms with E-state index in [9.17, 15) is 4.39 Å². The zero-order valence-corrected chi connectivity index (χ0v) is 21.8. The molecule has 1 saturated carbocycles. The lowest BCUT2D eigenvalue weighted by molar-refractivity contribution is 0.354. The Hall–Kier alpha value is -3.13. The van der Waals surface area contributed by atoms with Gasteiger partial charge in [0.15, 0.2) is 11.6 Å². The van der Waals surface area contributed by atoms with Gasteiger partial charge in [0.05, 0.1) is 5.56 Å². The predicted molar refractivity (Wildman–Crippen MR) is 141 cm³/mol. The van der Waals surface area contributed by atoms with Crippen molar-refractivity contribution in [1.82, 2.24) is 0 Å². The van der Waals surface area contributed by atoms with E-state index < -0.39 is 29.2 Å². The summed E-state index contributed by atoms with van der Waals surface area (Å²) in [5.41, 5.74) is 3.82. The highest BCUT2D eigenvalue weighted by atomic mass is 19.2. The van der Waals surface area contributed by atoms with Crippen molar-refractivity contribution in [2.45, 2.75) is 83.0 Å². The van der Waals surface area contributed by atoms with Crippen LogP contribution in [0.2, 0.25) is 0 Å². The van der Waals surface area contributed by atoms with Gasteiger partial charge in [-0.05, 0) is 122 Å². The first-order valence-corrected chi connectivity index (χ1v) is 13.8. The molecule has 1 nitrogen and oxygen atoms in total. The largest absolute Gasteiger partial charge is 0.206 e. The molecule has 1 atom stereocenters. The van der Waals surface area contributed by atoms with Crippen LogP contribution in [-0.2, 0) is 25.7 Å². The second kappa shape index (κ2) is 11.3. The summed E-state index contributed by atoms with van der Waals surface area (Å²) in [6.07, 6.45) is 6.62. The summed E-state index contributed by atoms with van der Waals surface area (Å²) in [6.45, 7) is 2.12. The van der Waals surface area contributed by atoms with Crippen LogP contribution in [0.1, 0.15) is 96.2 Å². The molecular formula is C33H33F4N. The van der Waals surface area contributed by atoms with Crippen molar-refractivity contribution in [2.24, 2.45) is 5.92 Å². The quantitative estimate of drug-likeness (QED) is 0.236. The molecule has 0 radical (unpaired) electrons. The van der Waals surface area contributed by atoms with Gasteiger partial charge in [-0.25, -0.2) is 17.6 Å². The van der Waals surface area contributed by atoms with Gasteiger partial charge in [-0.1, -0.05) is 37.3 Å². The van der Waals surface area contributed by atoms with Crippen molar-refractivity contribution in [3.63, 3.8) is 0 Å². The highest BCUT2D eigenvalue weighted by molar-refractivity contribution is 5.41. The van der Waals surface area contributed by atoms with Crippen LogP contribution in [0.4, 0.5) is 17.6 Å². The molecule has 5 rings (SSSR count). The topological polar surface area (TPSA) is 23.8 Å². The van der Waals surface area contributed by atoms with Gasteiger partial charge in [0.2, 0.25) is 0 Å². The highest BCUT2D eigenvalue weighted by Gasteiger charge is 2.34. The standard InChI is InChI=1S/C33H33F4N/c1-2-20-3-5-21(6-4-20)7-8-22-9-16-27-28(17-22)32(36)33(37)30(31(27)35)24-12-10-23(11-13-24)25-14-15-26(19-38)29(34)18-25/h3-6,14-15,18,22-24H,2,7-13,16-17H2,1H3. The van der Waals surface area contributed by atoms with E-state index >= 15 is 13.2 Å². The summed E-state index contributed by atoms with van der Waals surface area (Å²) in [4.78, 5) is 0. The number of halogens is 4. The molecule has 0 bridgehead atoms. The van der Waals surface area contributed by atoms with E-state index in [0.29, 0.717) is 44.1 Å². The van der Waals surface area contributed by atoms with Crippen LogP contribution in [0.5, 0.6) is 0 Å². The number of hydrogen-bond donors (Lipinski definition) is 0. The molecule has 0 aliphatic heterocycles. The summed E-state index contributed by atoms with van der Waals surface area (Å²) < 4.78 is 60.5. The van der Waals surface area contributed by atoms with E-state index in [0.717, 1.165) is 31.2 Å². The summed E-state index contributed by atoms with van der Waals surface area (Å²) >= 11 is 0. The fraction of sp³-hybridized carbons (Fsp3) is 0.424. The van der Waals surface area contributed by atoms with Gasteiger partial charge >= 0.3 is 0 Å². The Morgan fingerprint density at radius 2 is 1.47 bits per heavy atom. The molecule has 198 valence electrons. The van der Waals surface area contributed by atoms with Crippen molar-refractivity contribution in [3.8, 4) is 6.07 Å². The Balaban J connectivity index is 1.27. The Labute approximate surface area is 222 Å². The Morgan fingerprint density at radius 1 is 0.789 bits per heavy atom. The number of benzene rings is 3. The van der Waals surface area contributed by atoms with E-state index in [1.54, 1.807) is 6.07 Å². The van der Waals surface area contributed by atoms with E-state index in [1.165, 1.54) is 23.3 Å². The first-order valence-electron chi connectivity index (χ1n) is 13.8. The summed E-state index contributed by atoms with van der Waals surface area (Å²) in [7, 11) is 0. The van der Waals surface area contributed by atoms with Gasteiger partial charge in [0, 0.05) is 5.56 Å². The molecule has 0 heterocycles. The minimum atomic E-state index is -1.02. The van der Waals surface area contributed by atoms with Crippen molar-refractivity contribution in [1.29, 1.82) is 5.26 Å². The van der Waals surface area contributed by atoms with Crippen LogP contribution in [0.15, 0.2) is 42.5 Å². The lowest BCUT2D eigenvalue weighted by Gasteiger charge is -2.32. The normalized spacial score (nSPS) is 21.1. The zero-order valence-electron chi connectivity index (χ0n) is 21.8. The smallest absolute Gasteiger partial charge is 0.165 e. The zero-order chi connectivity index (χ0) is 26.8. The second-order valence-electron chi connectivity index (χ2n) is 11.0. The first kappa shape index (κ1) is 26.5. The average molecular weight is 520 g/mol. The molecule has 1 fully saturated rings. The minimum absolute atomic E-state index is 0.00369. The first-order chi connectivity index (χ1) is 18.4. The van der Waals surface area contributed by atoms with E-state index in [4.69, 9.17) is 5.26 Å². The maximum Gasteiger partial charge on any atom is 0.165 e. The number of rotatable bonds is 6. The lowest BCUT2D eigenvalue weighted by atomic mass is 9.73. The number of aryl methyl sites for hydroxylation is 2. The molecule has 3 aromatic rings. The van der Waals surface area contributed by atoms with Gasteiger partial charge < -0.3 is 0 Å². The average Bonchev–Trinajstić information content (AvgIpc) is 2.95. The third-order valence-electron chi connectivity index (χ3n) is 8.85. The summed E-state index contributed by atoms with van der Waals surface area (Å²) in [5, 5.41) is 8.95. The lowest BCUT2D eigenvalue weighted by Crippen LogP contribution is -2.22. The Bertz CT molecular complexity index is 1350. The highest BCUT2D eigenvalue weighted by Crippen LogP contribution is 2.45. The van der Waals surface area contributed by atoms with Crippen molar-refractivity contribution >= 4 is 0 Å². The van der Waals surface area contributed by atoms with Crippen LogP contribution < -0.4 is 0 Å². The number of nitrogens with zero attached hydrogens (tertiary/aromatic N) is 1. The molecule has 0 saturated heterocycles. The van der Waals surface area contributed by atoms with E-state index in [2.05, 4.69) is 31.2 Å².